The van der Waals surface area contributed by atoms with Gasteiger partial charge in [-0.2, -0.15) is 0 Å². The molecule has 0 saturated carbocycles. The van der Waals surface area contributed by atoms with Gasteiger partial charge in [0.05, 0.1) is 23.1 Å². The van der Waals surface area contributed by atoms with Crippen molar-refractivity contribution in [2.24, 2.45) is 14.1 Å². The second-order valence-electron chi connectivity index (χ2n) is 11.4. The van der Waals surface area contributed by atoms with Crippen molar-refractivity contribution < 1.29 is 34.2 Å². The standard InChI is InChI=1S/C19H14N2O3.C11H9NO3.C8H7NO/c1-21-10-13(11-6-3-5-9-15(11)21)17(19(23)24)16-12-7-2-4-8-14(12)20-18(16)22;1-12-6-8(10(13)11(14)15)7-4-2-3-5-9(7)12;10-8-5-6-3-1-2-4-7(6)9-8/h2-10H,1H3,(H,20,22)(H,23,24);2-6H,1H3,(H,14,15);1-4H,5H2,(H,9,10). The molecule has 0 fully saturated rings. The molecule has 0 unspecified atom stereocenters. The Morgan fingerprint density at radius 1 is 0.633 bits per heavy atom. The van der Waals surface area contributed by atoms with Gasteiger partial charge in [-0.25, -0.2) is 9.59 Å². The number of carbonyl (C=O) groups is 5. The fraction of sp³-hybridized carbons (Fsp3) is 0.0789. The Labute approximate surface area is 279 Å². The summed E-state index contributed by atoms with van der Waals surface area (Å²) in [7, 11) is 3.64. The van der Waals surface area contributed by atoms with Crippen LogP contribution in [0.15, 0.2) is 109 Å². The van der Waals surface area contributed by atoms with Crippen molar-refractivity contribution >= 4 is 73.9 Å². The van der Waals surface area contributed by atoms with E-state index >= 15 is 0 Å². The van der Waals surface area contributed by atoms with Crippen LogP contribution in [0.5, 0.6) is 0 Å². The second kappa shape index (κ2) is 13.2. The number of nitrogens with one attached hydrogen (secondary N) is 2. The van der Waals surface area contributed by atoms with Crippen molar-refractivity contribution in [2.45, 2.75) is 6.42 Å². The van der Waals surface area contributed by atoms with Crippen LogP contribution in [0.2, 0.25) is 0 Å². The molecule has 4 heterocycles. The lowest BCUT2D eigenvalue weighted by Gasteiger charge is -2.06. The molecule has 49 heavy (non-hydrogen) atoms. The molecule has 244 valence electrons. The highest BCUT2D eigenvalue weighted by Crippen LogP contribution is 2.39. The number of carboxylic acid groups (broad SMARTS) is 2. The largest absolute Gasteiger partial charge is 0.478 e. The Kier molecular flexibility index (Phi) is 8.65. The van der Waals surface area contributed by atoms with Crippen molar-refractivity contribution in [3.63, 3.8) is 0 Å². The molecule has 4 aromatic carbocycles. The maximum Gasteiger partial charge on any atom is 0.377 e. The third kappa shape index (κ3) is 6.20. The summed E-state index contributed by atoms with van der Waals surface area (Å²) in [6, 6.07) is 29.6. The van der Waals surface area contributed by atoms with E-state index in [-0.39, 0.29) is 28.5 Å². The first-order valence-electron chi connectivity index (χ1n) is 15.2. The maximum atomic E-state index is 12.5. The second-order valence-corrected chi connectivity index (χ2v) is 11.4. The first-order valence-corrected chi connectivity index (χ1v) is 15.2. The molecule has 6 aromatic rings. The summed E-state index contributed by atoms with van der Waals surface area (Å²) in [6.07, 6.45) is 3.84. The van der Waals surface area contributed by atoms with Gasteiger partial charge in [0.25, 0.3) is 11.7 Å². The Bertz CT molecular complexity index is 2340. The molecule has 2 aromatic heterocycles. The number of anilines is 2. The Morgan fingerprint density at radius 3 is 1.78 bits per heavy atom. The number of nitrogens with zero attached hydrogens (tertiary/aromatic N) is 2. The van der Waals surface area contributed by atoms with Crippen LogP contribution in [0, 0.1) is 0 Å². The third-order valence-electron chi connectivity index (χ3n) is 8.28. The lowest BCUT2D eigenvalue weighted by Crippen LogP contribution is -2.12. The number of para-hydroxylation sites is 4. The van der Waals surface area contributed by atoms with E-state index in [0.29, 0.717) is 28.6 Å². The highest BCUT2D eigenvalue weighted by molar-refractivity contribution is 6.45. The Balaban J connectivity index is 0.000000141. The summed E-state index contributed by atoms with van der Waals surface area (Å²) in [4.78, 5) is 57.2. The first-order chi connectivity index (χ1) is 23.5. The number of amides is 2. The fourth-order valence-corrected chi connectivity index (χ4v) is 6.06. The van der Waals surface area contributed by atoms with E-state index in [2.05, 4.69) is 10.6 Å². The van der Waals surface area contributed by atoms with E-state index in [1.807, 2.05) is 72.3 Å². The minimum absolute atomic E-state index is 0.0225. The summed E-state index contributed by atoms with van der Waals surface area (Å²) in [5.41, 5.74) is 6.09. The first kappa shape index (κ1) is 32.2. The lowest BCUT2D eigenvalue weighted by molar-refractivity contribution is -0.132. The molecule has 4 N–H and O–H groups in total. The summed E-state index contributed by atoms with van der Waals surface area (Å²) in [5.74, 6) is -3.70. The molecule has 0 bridgehead atoms. The number of aromatic nitrogens is 2. The molecule has 0 radical (unpaired) electrons. The zero-order chi connectivity index (χ0) is 34.8. The van der Waals surface area contributed by atoms with E-state index in [9.17, 15) is 29.1 Å². The molecule has 0 aliphatic carbocycles. The van der Waals surface area contributed by atoms with Crippen LogP contribution in [0.4, 0.5) is 11.4 Å². The molecule has 2 aliphatic rings. The van der Waals surface area contributed by atoms with Crippen LogP contribution >= 0.6 is 0 Å². The molecular weight excluding hydrogens is 624 g/mol. The van der Waals surface area contributed by atoms with Crippen molar-refractivity contribution in [1.29, 1.82) is 0 Å². The van der Waals surface area contributed by atoms with Crippen molar-refractivity contribution in [2.75, 3.05) is 10.6 Å². The molecule has 2 aliphatic heterocycles. The van der Waals surface area contributed by atoms with E-state index in [1.165, 1.54) is 0 Å². The van der Waals surface area contributed by atoms with Crippen LogP contribution in [0.25, 0.3) is 33.0 Å². The monoisotopic (exact) mass is 654 g/mol. The zero-order valence-corrected chi connectivity index (χ0v) is 26.4. The topological polar surface area (TPSA) is 160 Å². The number of hydrogen-bond acceptors (Lipinski definition) is 5. The van der Waals surface area contributed by atoms with Gasteiger partial charge in [0.2, 0.25) is 5.91 Å². The van der Waals surface area contributed by atoms with Crippen LogP contribution in [-0.2, 0) is 39.7 Å². The Hall–Kier alpha value is -6.75. The van der Waals surface area contributed by atoms with Crippen molar-refractivity contribution in [3.05, 3.63) is 132 Å². The molecule has 0 atom stereocenters. The number of carboxylic acids is 2. The third-order valence-corrected chi connectivity index (χ3v) is 8.28. The van der Waals surface area contributed by atoms with Crippen LogP contribution < -0.4 is 10.6 Å². The number of rotatable bonds is 4. The van der Waals surface area contributed by atoms with Gasteiger partial charge in [0.15, 0.2) is 0 Å². The number of ketones is 1. The summed E-state index contributed by atoms with van der Waals surface area (Å²) in [5, 5.41) is 25.5. The van der Waals surface area contributed by atoms with Gasteiger partial charge in [0, 0.05) is 70.8 Å². The number of benzene rings is 4. The molecule has 0 spiro atoms. The number of hydrogen-bond donors (Lipinski definition) is 4. The fourth-order valence-electron chi connectivity index (χ4n) is 6.06. The maximum absolute atomic E-state index is 12.5. The smallest absolute Gasteiger partial charge is 0.377 e. The predicted octanol–water partition coefficient (Wildman–Crippen LogP) is 5.75. The average molecular weight is 655 g/mol. The molecule has 2 amide bonds. The highest BCUT2D eigenvalue weighted by Gasteiger charge is 2.32. The average Bonchev–Trinajstić information content (AvgIpc) is 3.83. The molecule has 11 heteroatoms. The van der Waals surface area contributed by atoms with Crippen molar-refractivity contribution in [3.8, 4) is 0 Å². The van der Waals surface area contributed by atoms with Gasteiger partial charge in [0.1, 0.15) is 0 Å². The van der Waals surface area contributed by atoms with Gasteiger partial charge in [-0.15, -0.1) is 0 Å². The van der Waals surface area contributed by atoms with Gasteiger partial charge in [-0.3, -0.25) is 14.4 Å². The van der Waals surface area contributed by atoms with E-state index in [1.54, 1.807) is 60.4 Å². The predicted molar refractivity (Wildman–Crippen MR) is 186 cm³/mol. The van der Waals surface area contributed by atoms with Gasteiger partial charge < -0.3 is 30.0 Å². The minimum atomic E-state index is -1.42. The minimum Gasteiger partial charge on any atom is -0.478 e. The van der Waals surface area contributed by atoms with Crippen LogP contribution in [0.3, 0.4) is 0 Å². The molecule has 11 nitrogen and oxygen atoms in total. The molecule has 8 rings (SSSR count). The highest BCUT2D eigenvalue weighted by atomic mass is 16.4. The summed E-state index contributed by atoms with van der Waals surface area (Å²) < 4.78 is 3.61. The number of Topliss-reactive ketones (excluding diaryl/α,β-unsaturated/α-hetero) is 1. The normalized spacial score (nSPS) is 13.7. The number of carbonyl (C=O) groups excluding carboxylic acids is 3. The van der Waals surface area contributed by atoms with E-state index < -0.39 is 17.7 Å². The number of aryl methyl sites for hydroxylation is 2. The van der Waals surface area contributed by atoms with Crippen LogP contribution in [-0.4, -0.2) is 48.9 Å². The number of fused-ring (bicyclic) bond motifs is 4. The Morgan fingerprint density at radius 2 is 1.16 bits per heavy atom. The summed E-state index contributed by atoms with van der Waals surface area (Å²) >= 11 is 0. The van der Waals surface area contributed by atoms with Gasteiger partial charge in [-0.1, -0.05) is 72.8 Å². The molecule has 0 saturated heterocycles. The lowest BCUT2D eigenvalue weighted by atomic mass is 9.95. The van der Waals surface area contributed by atoms with E-state index in [0.717, 1.165) is 27.7 Å². The summed E-state index contributed by atoms with van der Waals surface area (Å²) in [6.45, 7) is 0. The zero-order valence-electron chi connectivity index (χ0n) is 26.4. The SMILES string of the molecule is Cn1cc(C(=O)C(=O)O)c2ccccc21.Cn1cc(C(C(=O)O)=C2C(=O)Nc3ccccc32)c2ccccc21.O=C1Cc2ccccc2N1. The van der Waals surface area contributed by atoms with Crippen LogP contribution in [0.1, 0.15) is 27.0 Å². The van der Waals surface area contributed by atoms with E-state index in [4.69, 9.17) is 5.11 Å². The van der Waals surface area contributed by atoms with Gasteiger partial charge in [-0.05, 0) is 29.8 Å². The molecular formula is C38H30N4O7. The number of aliphatic carboxylic acids is 2. The van der Waals surface area contributed by atoms with Gasteiger partial charge >= 0.3 is 11.9 Å². The van der Waals surface area contributed by atoms with Crippen molar-refractivity contribution in [1.82, 2.24) is 9.13 Å². The quantitative estimate of drug-likeness (QED) is 0.107.